The molecule has 0 aromatic carbocycles. The molecule has 0 saturated carbocycles. The molecule has 3 rings (SSSR count). The topological polar surface area (TPSA) is 67.1 Å². The number of pyridine rings is 1. The van der Waals surface area contributed by atoms with E-state index in [0.717, 1.165) is 24.5 Å². The third-order valence-corrected chi connectivity index (χ3v) is 3.98. The van der Waals surface area contributed by atoms with Gasteiger partial charge < -0.3 is 14.7 Å². The Morgan fingerprint density at radius 2 is 2.05 bits per heavy atom. The predicted molar refractivity (Wildman–Crippen MR) is 85.7 cm³/mol. The number of hydrogen-bond acceptors (Lipinski definition) is 6. The van der Waals surface area contributed by atoms with Crippen molar-refractivity contribution < 1.29 is 4.52 Å². The molecule has 0 radical (unpaired) electrons. The summed E-state index contributed by atoms with van der Waals surface area (Å²) in [6.07, 6.45) is 7.14. The predicted octanol–water partition coefficient (Wildman–Crippen LogP) is 2.73. The lowest BCUT2D eigenvalue weighted by Gasteiger charge is -2.20. The quantitative estimate of drug-likeness (QED) is 0.916. The number of aromatic nitrogens is 3. The van der Waals surface area contributed by atoms with Crippen molar-refractivity contribution in [3.05, 3.63) is 24.2 Å². The summed E-state index contributed by atoms with van der Waals surface area (Å²) >= 11 is 0. The van der Waals surface area contributed by atoms with Crippen LogP contribution in [-0.2, 0) is 0 Å². The molecule has 0 amide bonds. The van der Waals surface area contributed by atoms with E-state index in [9.17, 15) is 0 Å². The molecule has 0 bridgehead atoms. The largest absolute Gasteiger partial charge is 0.368 e. The molecule has 1 aliphatic rings. The van der Waals surface area contributed by atoms with Gasteiger partial charge in [0.2, 0.25) is 0 Å². The minimum Gasteiger partial charge on any atom is -0.368 e. The maximum Gasteiger partial charge on any atom is 0.261 e. The maximum atomic E-state index is 5.25. The Hall–Kier alpha value is -1.95. The molecule has 1 aliphatic heterocycles. The van der Waals surface area contributed by atoms with Crippen LogP contribution in [0, 0.1) is 6.92 Å². The van der Waals surface area contributed by atoms with E-state index >= 15 is 0 Å². The van der Waals surface area contributed by atoms with Crippen LogP contribution in [0.1, 0.15) is 31.5 Å². The maximum absolute atomic E-state index is 5.25. The monoisotopic (exact) mass is 301 g/mol. The summed E-state index contributed by atoms with van der Waals surface area (Å²) in [4.78, 5) is 11.2. The molecule has 22 heavy (non-hydrogen) atoms. The van der Waals surface area contributed by atoms with E-state index in [4.69, 9.17) is 4.52 Å². The molecular weight excluding hydrogens is 278 g/mol. The van der Waals surface area contributed by atoms with Crippen LogP contribution in [0.2, 0.25) is 0 Å². The molecule has 1 fully saturated rings. The van der Waals surface area contributed by atoms with E-state index in [1.54, 1.807) is 6.20 Å². The zero-order valence-corrected chi connectivity index (χ0v) is 13.1. The van der Waals surface area contributed by atoms with Crippen LogP contribution in [0.15, 0.2) is 22.9 Å². The van der Waals surface area contributed by atoms with E-state index in [0.29, 0.717) is 11.7 Å². The van der Waals surface area contributed by atoms with Crippen molar-refractivity contribution in [1.82, 2.24) is 20.0 Å². The fourth-order valence-corrected chi connectivity index (χ4v) is 2.82. The highest BCUT2D eigenvalue weighted by Gasteiger charge is 2.13. The van der Waals surface area contributed by atoms with Crippen LogP contribution in [-0.4, -0.2) is 46.2 Å². The second-order valence-corrected chi connectivity index (χ2v) is 5.73. The van der Waals surface area contributed by atoms with Crippen LogP contribution in [0.25, 0.3) is 11.5 Å². The van der Waals surface area contributed by atoms with E-state index in [1.807, 2.05) is 19.1 Å². The van der Waals surface area contributed by atoms with E-state index in [1.165, 1.54) is 38.8 Å². The SMILES string of the molecule is Cc1noc(-c2cccnc2NCCN2CCCCCC2)n1. The zero-order chi connectivity index (χ0) is 15.2. The summed E-state index contributed by atoms with van der Waals surface area (Å²) in [6, 6.07) is 3.84. The zero-order valence-electron chi connectivity index (χ0n) is 13.1. The first-order chi connectivity index (χ1) is 10.8. The first-order valence-electron chi connectivity index (χ1n) is 8.05. The van der Waals surface area contributed by atoms with Gasteiger partial charge in [-0.3, -0.25) is 0 Å². The van der Waals surface area contributed by atoms with Crippen LogP contribution >= 0.6 is 0 Å². The second-order valence-electron chi connectivity index (χ2n) is 5.73. The third-order valence-electron chi connectivity index (χ3n) is 3.98. The van der Waals surface area contributed by atoms with Crippen LogP contribution in [0.5, 0.6) is 0 Å². The smallest absolute Gasteiger partial charge is 0.261 e. The molecular formula is C16H23N5O. The summed E-state index contributed by atoms with van der Waals surface area (Å²) in [5.74, 6) is 1.96. The van der Waals surface area contributed by atoms with E-state index in [-0.39, 0.29) is 0 Å². The molecule has 3 heterocycles. The summed E-state index contributed by atoms with van der Waals surface area (Å²) in [7, 11) is 0. The van der Waals surface area contributed by atoms with Gasteiger partial charge in [-0.2, -0.15) is 4.98 Å². The average Bonchev–Trinajstić information content (AvgIpc) is 2.81. The minimum absolute atomic E-state index is 0.517. The molecule has 0 spiro atoms. The molecule has 0 atom stereocenters. The molecule has 2 aromatic rings. The van der Waals surface area contributed by atoms with Gasteiger partial charge in [-0.1, -0.05) is 18.0 Å². The van der Waals surface area contributed by atoms with Crippen LogP contribution < -0.4 is 5.32 Å². The van der Waals surface area contributed by atoms with Crippen molar-refractivity contribution in [3.8, 4) is 11.5 Å². The van der Waals surface area contributed by atoms with Gasteiger partial charge in [0.1, 0.15) is 5.82 Å². The summed E-state index contributed by atoms with van der Waals surface area (Å²) in [6.45, 7) is 6.14. The van der Waals surface area contributed by atoms with E-state index in [2.05, 4.69) is 25.3 Å². The Balaban J connectivity index is 1.60. The average molecular weight is 301 g/mol. The van der Waals surface area contributed by atoms with Gasteiger partial charge >= 0.3 is 0 Å². The van der Waals surface area contributed by atoms with Crippen LogP contribution in [0.3, 0.4) is 0 Å². The van der Waals surface area contributed by atoms with Crippen molar-refractivity contribution in [2.24, 2.45) is 0 Å². The number of likely N-dealkylation sites (tertiary alicyclic amines) is 1. The van der Waals surface area contributed by atoms with Crippen molar-refractivity contribution >= 4 is 5.82 Å². The Labute approximate surface area is 130 Å². The number of rotatable bonds is 5. The standard InChI is InChI=1S/C16H23N5O/c1-13-19-16(22-20-13)14-7-6-8-17-15(14)18-9-12-21-10-4-2-3-5-11-21/h6-8H,2-5,9-12H2,1H3,(H,17,18). The lowest BCUT2D eigenvalue weighted by molar-refractivity contribution is 0.296. The van der Waals surface area contributed by atoms with Gasteiger partial charge in [-0.25, -0.2) is 4.98 Å². The Morgan fingerprint density at radius 3 is 2.77 bits per heavy atom. The van der Waals surface area contributed by atoms with Crippen molar-refractivity contribution in [2.75, 3.05) is 31.5 Å². The second kappa shape index (κ2) is 7.35. The molecule has 6 nitrogen and oxygen atoms in total. The summed E-state index contributed by atoms with van der Waals surface area (Å²) in [5.41, 5.74) is 0.860. The van der Waals surface area contributed by atoms with Crippen molar-refractivity contribution in [3.63, 3.8) is 0 Å². The molecule has 0 aliphatic carbocycles. The van der Waals surface area contributed by atoms with Gasteiger partial charge in [0, 0.05) is 19.3 Å². The fourth-order valence-electron chi connectivity index (χ4n) is 2.82. The minimum atomic E-state index is 0.517. The number of anilines is 1. The molecule has 0 unspecified atom stereocenters. The summed E-state index contributed by atoms with van der Waals surface area (Å²) < 4.78 is 5.25. The highest BCUT2D eigenvalue weighted by Crippen LogP contribution is 2.23. The summed E-state index contributed by atoms with van der Waals surface area (Å²) in [5, 5.41) is 7.26. The molecule has 1 saturated heterocycles. The Kier molecular flexibility index (Phi) is 5.00. The number of nitrogens with one attached hydrogen (secondary N) is 1. The normalized spacial score (nSPS) is 16.4. The number of nitrogens with zero attached hydrogens (tertiary/aromatic N) is 4. The van der Waals surface area contributed by atoms with Gasteiger partial charge in [-0.15, -0.1) is 0 Å². The Bertz CT molecular complexity index is 590. The van der Waals surface area contributed by atoms with Gasteiger partial charge in [0.25, 0.3) is 5.89 Å². The first-order valence-corrected chi connectivity index (χ1v) is 8.05. The van der Waals surface area contributed by atoms with Crippen molar-refractivity contribution in [1.29, 1.82) is 0 Å². The Morgan fingerprint density at radius 1 is 1.23 bits per heavy atom. The molecule has 2 aromatic heterocycles. The van der Waals surface area contributed by atoms with Crippen LogP contribution in [0.4, 0.5) is 5.82 Å². The highest BCUT2D eigenvalue weighted by atomic mass is 16.5. The number of hydrogen-bond donors (Lipinski definition) is 1. The third kappa shape index (κ3) is 3.82. The number of aryl methyl sites for hydroxylation is 1. The van der Waals surface area contributed by atoms with E-state index < -0.39 is 0 Å². The molecule has 118 valence electrons. The van der Waals surface area contributed by atoms with Gasteiger partial charge in [0.05, 0.1) is 5.56 Å². The van der Waals surface area contributed by atoms with Gasteiger partial charge in [-0.05, 0) is 45.0 Å². The first kappa shape index (κ1) is 15.0. The van der Waals surface area contributed by atoms with Crippen molar-refractivity contribution in [2.45, 2.75) is 32.6 Å². The lowest BCUT2D eigenvalue weighted by Crippen LogP contribution is -2.30. The molecule has 1 N–H and O–H groups in total. The highest BCUT2D eigenvalue weighted by molar-refractivity contribution is 5.68. The fraction of sp³-hybridized carbons (Fsp3) is 0.562. The lowest BCUT2D eigenvalue weighted by atomic mass is 10.2. The van der Waals surface area contributed by atoms with Gasteiger partial charge in [0.15, 0.2) is 5.82 Å². The molecule has 6 heteroatoms.